The van der Waals surface area contributed by atoms with E-state index < -0.39 is 17.6 Å². The molecule has 0 unspecified atom stereocenters. The fourth-order valence-electron chi connectivity index (χ4n) is 1.02. The molecule has 86 valence electrons. The lowest BCUT2D eigenvalue weighted by molar-refractivity contribution is -0.119. The van der Waals surface area contributed by atoms with E-state index in [4.69, 9.17) is 4.74 Å². The SMILES string of the molecule is COc1ccc(C(=O)NNC(C)=O)c(F)c1. The molecule has 1 rings (SSSR count). The van der Waals surface area contributed by atoms with Gasteiger partial charge in [-0.1, -0.05) is 0 Å². The summed E-state index contributed by atoms with van der Waals surface area (Å²) in [5.41, 5.74) is 3.95. The molecule has 2 N–H and O–H groups in total. The Balaban J connectivity index is 2.79. The Morgan fingerprint density at radius 1 is 1.31 bits per heavy atom. The maximum atomic E-state index is 13.4. The minimum absolute atomic E-state index is 0.172. The Labute approximate surface area is 91.6 Å². The first-order chi connectivity index (χ1) is 7.54. The highest BCUT2D eigenvalue weighted by Gasteiger charge is 2.12. The fraction of sp³-hybridized carbons (Fsp3) is 0.200. The van der Waals surface area contributed by atoms with Crippen LogP contribution in [0.1, 0.15) is 17.3 Å². The number of halogens is 1. The predicted molar refractivity (Wildman–Crippen MR) is 54.2 cm³/mol. The zero-order valence-electron chi connectivity index (χ0n) is 8.83. The number of hydrogen-bond donors (Lipinski definition) is 2. The van der Waals surface area contributed by atoms with Crippen molar-refractivity contribution in [1.82, 2.24) is 10.9 Å². The Morgan fingerprint density at radius 2 is 2.00 bits per heavy atom. The molecule has 0 saturated heterocycles. The van der Waals surface area contributed by atoms with Gasteiger partial charge in [-0.25, -0.2) is 4.39 Å². The summed E-state index contributed by atoms with van der Waals surface area (Å²) in [6.07, 6.45) is 0. The Kier molecular flexibility index (Phi) is 3.82. The van der Waals surface area contributed by atoms with Gasteiger partial charge in [0.15, 0.2) is 0 Å². The summed E-state index contributed by atoms with van der Waals surface area (Å²) in [4.78, 5) is 21.9. The second-order valence-corrected chi connectivity index (χ2v) is 2.98. The number of rotatable bonds is 2. The molecule has 0 bridgehead atoms. The van der Waals surface area contributed by atoms with Gasteiger partial charge in [0.05, 0.1) is 12.7 Å². The Morgan fingerprint density at radius 3 is 2.50 bits per heavy atom. The van der Waals surface area contributed by atoms with Crippen LogP contribution in [0.4, 0.5) is 4.39 Å². The van der Waals surface area contributed by atoms with Crippen LogP contribution < -0.4 is 15.6 Å². The number of benzene rings is 1. The maximum absolute atomic E-state index is 13.4. The second-order valence-electron chi connectivity index (χ2n) is 2.98. The van der Waals surface area contributed by atoms with Gasteiger partial charge < -0.3 is 4.74 Å². The number of hydrazine groups is 1. The zero-order chi connectivity index (χ0) is 12.1. The standard InChI is InChI=1S/C10H11FN2O3/c1-6(14)12-13-10(15)8-4-3-7(16-2)5-9(8)11/h3-5H,1-2H3,(H,12,14)(H,13,15). The van der Waals surface area contributed by atoms with E-state index in [2.05, 4.69) is 10.9 Å². The van der Waals surface area contributed by atoms with Crippen LogP contribution in [-0.2, 0) is 4.79 Å². The van der Waals surface area contributed by atoms with Crippen molar-refractivity contribution in [3.63, 3.8) is 0 Å². The molecule has 1 aromatic rings. The molecule has 1 aromatic carbocycles. The summed E-state index contributed by atoms with van der Waals surface area (Å²) in [5, 5.41) is 0. The zero-order valence-corrected chi connectivity index (χ0v) is 8.83. The molecule has 0 spiro atoms. The monoisotopic (exact) mass is 226 g/mol. The minimum Gasteiger partial charge on any atom is -0.497 e. The largest absolute Gasteiger partial charge is 0.497 e. The molecule has 16 heavy (non-hydrogen) atoms. The molecule has 0 radical (unpaired) electrons. The molecule has 6 heteroatoms. The number of ether oxygens (including phenoxy) is 1. The quantitative estimate of drug-likeness (QED) is 0.726. The van der Waals surface area contributed by atoms with Crippen molar-refractivity contribution in [2.45, 2.75) is 6.92 Å². The summed E-state index contributed by atoms with van der Waals surface area (Å²) >= 11 is 0. The van der Waals surface area contributed by atoms with Gasteiger partial charge in [0.2, 0.25) is 5.91 Å². The van der Waals surface area contributed by atoms with Gasteiger partial charge in [-0.2, -0.15) is 0 Å². The third-order valence-corrected chi connectivity index (χ3v) is 1.77. The van der Waals surface area contributed by atoms with Crippen molar-refractivity contribution in [2.24, 2.45) is 0 Å². The molecule has 0 saturated carbocycles. The summed E-state index contributed by atoms with van der Waals surface area (Å²) in [6.45, 7) is 1.23. The van der Waals surface area contributed by atoms with Gasteiger partial charge in [0.25, 0.3) is 5.91 Å². The second kappa shape index (κ2) is 5.11. The molecule has 0 heterocycles. The van der Waals surface area contributed by atoms with E-state index >= 15 is 0 Å². The van der Waals surface area contributed by atoms with Gasteiger partial charge >= 0.3 is 0 Å². The first-order valence-electron chi connectivity index (χ1n) is 4.45. The fourth-order valence-corrected chi connectivity index (χ4v) is 1.02. The highest BCUT2D eigenvalue weighted by molar-refractivity contribution is 5.95. The van der Waals surface area contributed by atoms with Crippen LogP contribution in [0.15, 0.2) is 18.2 Å². The van der Waals surface area contributed by atoms with E-state index in [-0.39, 0.29) is 5.56 Å². The van der Waals surface area contributed by atoms with Crippen LogP contribution in [0.25, 0.3) is 0 Å². The lowest BCUT2D eigenvalue weighted by Gasteiger charge is -2.07. The van der Waals surface area contributed by atoms with Crippen molar-refractivity contribution in [2.75, 3.05) is 7.11 Å². The van der Waals surface area contributed by atoms with Crippen LogP contribution >= 0.6 is 0 Å². The summed E-state index contributed by atoms with van der Waals surface area (Å²) in [5.74, 6) is -1.58. The molecular weight excluding hydrogens is 215 g/mol. The molecular formula is C10H11FN2O3. The molecule has 0 fully saturated rings. The highest BCUT2D eigenvalue weighted by Crippen LogP contribution is 2.15. The summed E-state index contributed by atoms with van der Waals surface area (Å²) in [7, 11) is 1.39. The molecule has 0 aliphatic carbocycles. The maximum Gasteiger partial charge on any atom is 0.272 e. The molecule has 0 aliphatic heterocycles. The van der Waals surface area contributed by atoms with Crippen molar-refractivity contribution < 1.29 is 18.7 Å². The average Bonchev–Trinajstić information content (AvgIpc) is 2.25. The molecule has 2 amide bonds. The van der Waals surface area contributed by atoms with E-state index in [0.29, 0.717) is 5.75 Å². The van der Waals surface area contributed by atoms with Gasteiger partial charge in [-0.15, -0.1) is 0 Å². The Bertz CT molecular complexity index is 421. The van der Waals surface area contributed by atoms with Gasteiger partial charge in [0.1, 0.15) is 11.6 Å². The van der Waals surface area contributed by atoms with E-state index in [9.17, 15) is 14.0 Å². The molecule has 0 aliphatic rings. The highest BCUT2D eigenvalue weighted by atomic mass is 19.1. The van der Waals surface area contributed by atoms with Crippen LogP contribution in [0.5, 0.6) is 5.75 Å². The first kappa shape index (κ1) is 12.0. The summed E-state index contributed by atoms with van der Waals surface area (Å²) < 4.78 is 18.1. The van der Waals surface area contributed by atoms with E-state index in [0.717, 1.165) is 6.07 Å². The van der Waals surface area contributed by atoms with Gasteiger partial charge in [-0.3, -0.25) is 20.4 Å². The number of carbonyl (C=O) groups is 2. The third-order valence-electron chi connectivity index (χ3n) is 1.77. The normalized spacial score (nSPS) is 9.44. The minimum atomic E-state index is -0.727. The predicted octanol–water partition coefficient (Wildman–Crippen LogP) is 0.615. The summed E-state index contributed by atoms with van der Waals surface area (Å²) in [6, 6.07) is 3.81. The van der Waals surface area contributed by atoms with Crippen LogP contribution in [0, 0.1) is 5.82 Å². The number of carbonyl (C=O) groups excluding carboxylic acids is 2. The van der Waals surface area contributed by atoms with E-state index in [1.807, 2.05) is 0 Å². The van der Waals surface area contributed by atoms with Crippen LogP contribution in [0.2, 0.25) is 0 Å². The molecule has 0 atom stereocenters. The van der Waals surface area contributed by atoms with E-state index in [1.54, 1.807) is 0 Å². The van der Waals surface area contributed by atoms with Gasteiger partial charge in [0, 0.05) is 13.0 Å². The number of methoxy groups -OCH3 is 1. The Hall–Kier alpha value is -2.11. The molecule has 0 aromatic heterocycles. The lowest BCUT2D eigenvalue weighted by atomic mass is 10.2. The average molecular weight is 226 g/mol. The van der Waals surface area contributed by atoms with Crippen molar-refractivity contribution in [1.29, 1.82) is 0 Å². The number of nitrogens with one attached hydrogen (secondary N) is 2. The van der Waals surface area contributed by atoms with Crippen LogP contribution in [0.3, 0.4) is 0 Å². The smallest absolute Gasteiger partial charge is 0.272 e. The van der Waals surface area contributed by atoms with Crippen molar-refractivity contribution >= 4 is 11.8 Å². The van der Waals surface area contributed by atoms with Crippen molar-refractivity contribution in [3.8, 4) is 5.75 Å². The van der Waals surface area contributed by atoms with Crippen molar-refractivity contribution in [3.05, 3.63) is 29.6 Å². The third kappa shape index (κ3) is 2.94. The topological polar surface area (TPSA) is 67.4 Å². The van der Waals surface area contributed by atoms with E-state index in [1.165, 1.54) is 26.2 Å². The number of hydrogen-bond acceptors (Lipinski definition) is 3. The number of amides is 2. The lowest BCUT2D eigenvalue weighted by Crippen LogP contribution is -2.40. The van der Waals surface area contributed by atoms with Gasteiger partial charge in [-0.05, 0) is 12.1 Å². The molecule has 5 nitrogen and oxygen atoms in total. The first-order valence-corrected chi connectivity index (χ1v) is 4.45. The van der Waals surface area contributed by atoms with Crippen LogP contribution in [-0.4, -0.2) is 18.9 Å².